The number of fused-ring (bicyclic) bond motifs is 12. The Morgan fingerprint density at radius 2 is 0.847 bits per heavy atom. The molecule has 1 aliphatic carbocycles. The Hall–Kier alpha value is -7.42. The average molecular weight is 753 g/mol. The first-order valence-electron chi connectivity index (χ1n) is 20.5. The number of furan rings is 2. The van der Waals surface area contributed by atoms with Crippen LogP contribution in [0.15, 0.2) is 191 Å². The number of benzene rings is 10. The van der Waals surface area contributed by atoms with E-state index in [1.165, 1.54) is 82.4 Å². The van der Waals surface area contributed by atoms with E-state index in [0.29, 0.717) is 0 Å². The van der Waals surface area contributed by atoms with Crippen LogP contribution in [0.4, 0.5) is 0 Å². The van der Waals surface area contributed by atoms with Crippen LogP contribution in [0.2, 0.25) is 0 Å². The molecule has 0 atom stereocenters. The van der Waals surface area contributed by atoms with Gasteiger partial charge >= 0.3 is 0 Å². The minimum absolute atomic E-state index is 0.105. The average Bonchev–Trinajstić information content (AvgIpc) is 3.90. The molecule has 12 aromatic rings. The molecule has 0 fully saturated rings. The second kappa shape index (κ2) is 11.8. The van der Waals surface area contributed by atoms with Gasteiger partial charge in [-0.2, -0.15) is 0 Å². The number of hydrogen-bond acceptors (Lipinski definition) is 2. The van der Waals surface area contributed by atoms with Crippen molar-refractivity contribution in [1.82, 2.24) is 0 Å². The fourth-order valence-corrected chi connectivity index (χ4v) is 10.5. The molecular formula is C57H36O2. The topological polar surface area (TPSA) is 26.3 Å². The molecule has 0 amide bonds. The maximum Gasteiger partial charge on any atom is 0.139 e. The highest BCUT2D eigenvalue weighted by Gasteiger charge is 2.35. The van der Waals surface area contributed by atoms with Crippen molar-refractivity contribution in [2.75, 3.05) is 0 Å². The van der Waals surface area contributed by atoms with Crippen molar-refractivity contribution < 1.29 is 8.83 Å². The van der Waals surface area contributed by atoms with Gasteiger partial charge in [-0.25, -0.2) is 0 Å². The predicted octanol–water partition coefficient (Wildman–Crippen LogP) is 16.3. The van der Waals surface area contributed by atoms with Gasteiger partial charge < -0.3 is 8.83 Å². The third-order valence-electron chi connectivity index (χ3n) is 13.3. The molecule has 59 heavy (non-hydrogen) atoms. The van der Waals surface area contributed by atoms with Crippen LogP contribution in [-0.4, -0.2) is 0 Å². The van der Waals surface area contributed by atoms with E-state index < -0.39 is 0 Å². The van der Waals surface area contributed by atoms with Gasteiger partial charge in [0.2, 0.25) is 0 Å². The highest BCUT2D eigenvalue weighted by Crippen LogP contribution is 2.52. The van der Waals surface area contributed by atoms with Gasteiger partial charge in [0.1, 0.15) is 22.3 Å². The Balaban J connectivity index is 1.11. The van der Waals surface area contributed by atoms with E-state index in [1.807, 2.05) is 12.1 Å². The molecule has 13 rings (SSSR count). The smallest absolute Gasteiger partial charge is 0.139 e. The molecule has 0 radical (unpaired) electrons. The monoisotopic (exact) mass is 752 g/mol. The molecular weight excluding hydrogens is 717 g/mol. The highest BCUT2D eigenvalue weighted by molar-refractivity contribution is 6.23. The fourth-order valence-electron chi connectivity index (χ4n) is 10.5. The Morgan fingerprint density at radius 1 is 0.305 bits per heavy atom. The lowest BCUT2D eigenvalue weighted by molar-refractivity contribution is 0.656. The summed E-state index contributed by atoms with van der Waals surface area (Å²) in [6.07, 6.45) is 0. The lowest BCUT2D eigenvalue weighted by Crippen LogP contribution is -2.14. The minimum atomic E-state index is -0.105. The van der Waals surface area contributed by atoms with Crippen molar-refractivity contribution in [1.29, 1.82) is 0 Å². The summed E-state index contributed by atoms with van der Waals surface area (Å²) in [7, 11) is 0. The van der Waals surface area contributed by atoms with E-state index in [-0.39, 0.29) is 5.41 Å². The summed E-state index contributed by atoms with van der Waals surface area (Å²) >= 11 is 0. The third-order valence-corrected chi connectivity index (χ3v) is 13.3. The molecule has 1 aliphatic rings. The maximum absolute atomic E-state index is 6.53. The zero-order valence-electron chi connectivity index (χ0n) is 32.6. The summed E-state index contributed by atoms with van der Waals surface area (Å²) < 4.78 is 12.8. The molecule has 2 aromatic heterocycles. The summed E-state index contributed by atoms with van der Waals surface area (Å²) in [6.45, 7) is 4.74. The van der Waals surface area contributed by atoms with Crippen LogP contribution in [0.1, 0.15) is 25.0 Å². The van der Waals surface area contributed by atoms with Gasteiger partial charge in [-0.3, -0.25) is 0 Å². The molecule has 2 nitrogen and oxygen atoms in total. The van der Waals surface area contributed by atoms with E-state index in [1.54, 1.807) is 0 Å². The van der Waals surface area contributed by atoms with Crippen LogP contribution in [0, 0.1) is 0 Å². The first-order valence-corrected chi connectivity index (χ1v) is 20.5. The normalized spacial score (nSPS) is 13.4. The third kappa shape index (κ3) is 4.57. The quantitative estimate of drug-likeness (QED) is 0.168. The zero-order valence-corrected chi connectivity index (χ0v) is 32.6. The van der Waals surface area contributed by atoms with E-state index in [2.05, 4.69) is 184 Å². The predicted molar refractivity (Wildman–Crippen MR) is 247 cm³/mol. The van der Waals surface area contributed by atoms with Crippen LogP contribution < -0.4 is 0 Å². The summed E-state index contributed by atoms with van der Waals surface area (Å²) in [6, 6.07) is 66.8. The first kappa shape index (κ1) is 32.6. The summed E-state index contributed by atoms with van der Waals surface area (Å²) in [5.74, 6) is 0. The summed E-state index contributed by atoms with van der Waals surface area (Å²) in [5.41, 5.74) is 16.1. The molecule has 0 spiro atoms. The number of para-hydroxylation sites is 1. The van der Waals surface area contributed by atoms with Gasteiger partial charge in [0, 0.05) is 33.0 Å². The number of rotatable bonds is 3. The largest absolute Gasteiger partial charge is 0.456 e. The zero-order chi connectivity index (χ0) is 39.0. The Bertz CT molecular complexity index is 3760. The Labute approximate surface area is 340 Å². The molecule has 0 N–H and O–H groups in total. The van der Waals surface area contributed by atoms with Crippen LogP contribution in [0.3, 0.4) is 0 Å². The molecule has 0 aliphatic heterocycles. The molecule has 276 valence electrons. The lowest BCUT2D eigenvalue weighted by Gasteiger charge is -2.23. The summed E-state index contributed by atoms with van der Waals surface area (Å²) in [5, 5.41) is 11.8. The maximum atomic E-state index is 6.53. The van der Waals surface area contributed by atoms with Gasteiger partial charge in [-0.05, 0) is 124 Å². The van der Waals surface area contributed by atoms with Crippen molar-refractivity contribution in [2.24, 2.45) is 0 Å². The molecule has 0 unspecified atom stereocenters. The van der Waals surface area contributed by atoms with E-state index in [9.17, 15) is 0 Å². The van der Waals surface area contributed by atoms with E-state index in [4.69, 9.17) is 8.83 Å². The van der Waals surface area contributed by atoms with Gasteiger partial charge in [-0.1, -0.05) is 153 Å². The molecule has 2 heteroatoms. The highest BCUT2D eigenvalue weighted by atomic mass is 16.3. The van der Waals surface area contributed by atoms with Crippen molar-refractivity contribution in [3.05, 3.63) is 193 Å². The van der Waals surface area contributed by atoms with Gasteiger partial charge in [0.25, 0.3) is 0 Å². The van der Waals surface area contributed by atoms with Gasteiger partial charge in [0.15, 0.2) is 0 Å². The van der Waals surface area contributed by atoms with E-state index >= 15 is 0 Å². The summed E-state index contributed by atoms with van der Waals surface area (Å²) in [4.78, 5) is 0. The molecule has 10 aromatic carbocycles. The second-order valence-corrected chi connectivity index (χ2v) is 16.8. The fraction of sp³-hybridized carbons (Fsp3) is 0.0526. The SMILES string of the molecule is CC1(C)c2ccccc2-c2ccc(-c3c4ccccc4c(-c4ccc5oc6cc7oc8ccccc8c7cc6c5c4)c4cc(-c5cccc6ccccc56)ccc34)cc21. The van der Waals surface area contributed by atoms with Crippen LogP contribution in [0.25, 0.3) is 121 Å². The van der Waals surface area contributed by atoms with Gasteiger partial charge in [-0.15, -0.1) is 0 Å². The van der Waals surface area contributed by atoms with Crippen molar-refractivity contribution in [3.63, 3.8) is 0 Å². The second-order valence-electron chi connectivity index (χ2n) is 16.8. The van der Waals surface area contributed by atoms with Crippen LogP contribution >= 0.6 is 0 Å². The van der Waals surface area contributed by atoms with Crippen molar-refractivity contribution in [2.45, 2.75) is 19.3 Å². The Morgan fingerprint density at radius 3 is 1.69 bits per heavy atom. The number of hydrogen-bond donors (Lipinski definition) is 0. The van der Waals surface area contributed by atoms with E-state index in [0.717, 1.165) is 49.4 Å². The lowest BCUT2D eigenvalue weighted by atomic mass is 9.80. The first-order chi connectivity index (χ1) is 29.0. The van der Waals surface area contributed by atoms with Crippen molar-refractivity contribution >= 4 is 76.2 Å². The van der Waals surface area contributed by atoms with Crippen LogP contribution in [0.5, 0.6) is 0 Å². The van der Waals surface area contributed by atoms with Gasteiger partial charge in [0.05, 0.1) is 0 Å². The van der Waals surface area contributed by atoms with Crippen LogP contribution in [-0.2, 0) is 5.41 Å². The standard InChI is InChI=1S/C57H36O2/c1-57(2)49-20-9-7-15-39(49)40-25-23-36(30-50(40)57)55-42-17-5-6-18-43(42)56(48-28-34(22-26-44(48)55)38-19-11-13-33-12-3-4-14-37(33)38)35-24-27-52-45(29-35)47-31-46-41-16-8-10-21-51(41)58-53(46)32-54(47)59-52/h3-32H,1-2H3. The molecule has 0 bridgehead atoms. The molecule has 2 heterocycles. The minimum Gasteiger partial charge on any atom is -0.456 e. The molecule has 0 saturated carbocycles. The molecule has 0 saturated heterocycles. The van der Waals surface area contributed by atoms with Crippen molar-refractivity contribution in [3.8, 4) is 44.5 Å². The Kier molecular flexibility index (Phi) is 6.54.